The number of hydrogen-bond acceptors (Lipinski definition) is 3. The smallest absolute Gasteiger partial charge is 0.414 e. The third-order valence-corrected chi connectivity index (χ3v) is 2.52. The summed E-state index contributed by atoms with van der Waals surface area (Å²) in [5.41, 5.74) is 0.808. The molecule has 1 aliphatic rings. The number of nitrogens with zero attached hydrogens (tertiary/aromatic N) is 1. The van der Waals surface area contributed by atoms with Crippen molar-refractivity contribution in [3.05, 3.63) is 30.3 Å². The number of rotatable bonds is 3. The SMILES string of the molecule is CC.CC(=O)NCC1CN(c2ccccc2)C(=O)O1. The number of anilines is 1. The normalized spacial score (nSPS) is 17.3. The van der Waals surface area contributed by atoms with Crippen LogP contribution < -0.4 is 10.2 Å². The highest BCUT2D eigenvalue weighted by molar-refractivity contribution is 5.89. The highest BCUT2D eigenvalue weighted by Gasteiger charge is 2.32. The Bertz CT molecular complexity index is 420. The lowest BCUT2D eigenvalue weighted by molar-refractivity contribution is -0.119. The Labute approximate surface area is 113 Å². The van der Waals surface area contributed by atoms with E-state index in [1.165, 1.54) is 6.92 Å². The fraction of sp³-hybridized carbons (Fsp3) is 0.429. The minimum absolute atomic E-state index is 0.126. The summed E-state index contributed by atoms with van der Waals surface area (Å²) < 4.78 is 5.15. The van der Waals surface area contributed by atoms with E-state index < -0.39 is 0 Å². The number of carbonyl (C=O) groups is 2. The van der Waals surface area contributed by atoms with Crippen LogP contribution in [0.4, 0.5) is 10.5 Å². The molecule has 1 aromatic carbocycles. The molecule has 104 valence electrons. The molecule has 0 radical (unpaired) electrons. The van der Waals surface area contributed by atoms with Crippen LogP contribution in [0.1, 0.15) is 20.8 Å². The van der Waals surface area contributed by atoms with Crippen molar-refractivity contribution in [2.24, 2.45) is 0 Å². The van der Waals surface area contributed by atoms with Crippen molar-refractivity contribution in [1.82, 2.24) is 5.32 Å². The van der Waals surface area contributed by atoms with Crippen molar-refractivity contribution >= 4 is 17.7 Å². The second kappa shape index (κ2) is 7.41. The van der Waals surface area contributed by atoms with Crippen molar-refractivity contribution < 1.29 is 14.3 Å². The molecule has 1 fully saturated rings. The summed E-state index contributed by atoms with van der Waals surface area (Å²) in [7, 11) is 0. The average molecular weight is 264 g/mol. The predicted octanol–water partition coefficient (Wildman–Crippen LogP) is 2.17. The van der Waals surface area contributed by atoms with Crippen LogP contribution >= 0.6 is 0 Å². The van der Waals surface area contributed by atoms with Crippen LogP contribution in [0.15, 0.2) is 30.3 Å². The fourth-order valence-electron chi connectivity index (χ4n) is 1.70. The molecule has 0 bridgehead atoms. The van der Waals surface area contributed by atoms with Gasteiger partial charge in [-0.2, -0.15) is 0 Å². The quantitative estimate of drug-likeness (QED) is 0.910. The lowest BCUT2D eigenvalue weighted by atomic mass is 10.3. The third kappa shape index (κ3) is 4.28. The maximum Gasteiger partial charge on any atom is 0.414 e. The van der Waals surface area contributed by atoms with Crippen LogP contribution in [0.3, 0.4) is 0 Å². The summed E-state index contributed by atoms with van der Waals surface area (Å²) in [6.45, 7) is 6.25. The molecule has 5 heteroatoms. The first kappa shape index (κ1) is 15.0. The van der Waals surface area contributed by atoms with E-state index in [0.29, 0.717) is 13.1 Å². The van der Waals surface area contributed by atoms with Crippen molar-refractivity contribution in [2.45, 2.75) is 26.9 Å². The minimum Gasteiger partial charge on any atom is -0.442 e. The molecule has 1 saturated heterocycles. The molecule has 1 aliphatic heterocycles. The fourth-order valence-corrected chi connectivity index (χ4v) is 1.70. The predicted molar refractivity (Wildman–Crippen MR) is 74.1 cm³/mol. The van der Waals surface area contributed by atoms with Crippen LogP contribution in [-0.4, -0.2) is 31.2 Å². The zero-order valence-corrected chi connectivity index (χ0v) is 11.6. The van der Waals surface area contributed by atoms with Gasteiger partial charge >= 0.3 is 6.09 Å². The molecule has 0 saturated carbocycles. The molecule has 0 spiro atoms. The number of benzene rings is 1. The lowest BCUT2D eigenvalue weighted by Crippen LogP contribution is -2.33. The van der Waals surface area contributed by atoms with E-state index in [-0.39, 0.29) is 18.1 Å². The molecule has 0 aliphatic carbocycles. The standard InChI is InChI=1S/C12H14N2O3.C2H6/c1-9(15)13-7-11-8-14(12(16)17-11)10-5-3-2-4-6-10;1-2/h2-6,11H,7-8H2,1H3,(H,13,15);1-2H3. The molecule has 2 rings (SSSR count). The lowest BCUT2D eigenvalue weighted by Gasteiger charge is -2.12. The number of ether oxygens (including phenoxy) is 1. The molecular weight excluding hydrogens is 244 g/mol. The summed E-state index contributed by atoms with van der Waals surface area (Å²) in [4.78, 5) is 24.0. The van der Waals surface area contributed by atoms with Gasteiger partial charge in [-0.1, -0.05) is 32.0 Å². The largest absolute Gasteiger partial charge is 0.442 e. The Hall–Kier alpha value is -2.04. The molecule has 1 N–H and O–H groups in total. The summed E-state index contributed by atoms with van der Waals surface area (Å²) in [6, 6.07) is 9.32. The van der Waals surface area contributed by atoms with Gasteiger partial charge in [-0.05, 0) is 12.1 Å². The molecule has 1 unspecified atom stereocenters. The van der Waals surface area contributed by atoms with E-state index in [9.17, 15) is 9.59 Å². The Balaban J connectivity index is 0.000000861. The van der Waals surface area contributed by atoms with Crippen LogP contribution in [-0.2, 0) is 9.53 Å². The highest BCUT2D eigenvalue weighted by Crippen LogP contribution is 2.20. The van der Waals surface area contributed by atoms with Gasteiger partial charge in [0.2, 0.25) is 5.91 Å². The Morgan fingerprint density at radius 3 is 2.58 bits per heavy atom. The van der Waals surface area contributed by atoms with Gasteiger partial charge in [-0.25, -0.2) is 4.79 Å². The Kier molecular flexibility index (Phi) is 5.85. The number of carbonyl (C=O) groups excluding carboxylic acids is 2. The van der Waals surface area contributed by atoms with Gasteiger partial charge in [0.1, 0.15) is 6.10 Å². The zero-order chi connectivity index (χ0) is 14.3. The highest BCUT2D eigenvalue weighted by atomic mass is 16.6. The number of hydrogen-bond donors (Lipinski definition) is 1. The second-order valence-electron chi connectivity index (χ2n) is 3.89. The monoisotopic (exact) mass is 264 g/mol. The van der Waals surface area contributed by atoms with Crippen molar-refractivity contribution in [3.8, 4) is 0 Å². The van der Waals surface area contributed by atoms with E-state index in [1.807, 2.05) is 44.2 Å². The Morgan fingerprint density at radius 2 is 2.00 bits per heavy atom. The number of cyclic esters (lactones) is 1. The van der Waals surface area contributed by atoms with E-state index in [0.717, 1.165) is 5.69 Å². The maximum atomic E-state index is 11.6. The molecule has 5 nitrogen and oxygen atoms in total. The van der Waals surface area contributed by atoms with Crippen LogP contribution in [0.25, 0.3) is 0 Å². The molecular formula is C14H20N2O3. The summed E-state index contributed by atoms with van der Waals surface area (Å²) >= 11 is 0. The average Bonchev–Trinajstić information content (AvgIpc) is 2.81. The van der Waals surface area contributed by atoms with Crippen molar-refractivity contribution in [3.63, 3.8) is 0 Å². The van der Waals surface area contributed by atoms with E-state index >= 15 is 0 Å². The molecule has 19 heavy (non-hydrogen) atoms. The van der Waals surface area contributed by atoms with Crippen molar-refractivity contribution in [1.29, 1.82) is 0 Å². The number of nitrogens with one attached hydrogen (secondary N) is 1. The van der Waals surface area contributed by atoms with Gasteiger partial charge in [-0.3, -0.25) is 9.69 Å². The van der Waals surface area contributed by atoms with Gasteiger partial charge < -0.3 is 10.1 Å². The third-order valence-electron chi connectivity index (χ3n) is 2.52. The first-order valence-corrected chi connectivity index (χ1v) is 6.44. The van der Waals surface area contributed by atoms with E-state index in [2.05, 4.69) is 5.32 Å². The van der Waals surface area contributed by atoms with Gasteiger partial charge in [-0.15, -0.1) is 0 Å². The van der Waals surface area contributed by atoms with Gasteiger partial charge in [0.25, 0.3) is 0 Å². The van der Waals surface area contributed by atoms with Gasteiger partial charge in [0.15, 0.2) is 0 Å². The number of para-hydroxylation sites is 1. The molecule has 1 aromatic rings. The van der Waals surface area contributed by atoms with Crippen molar-refractivity contribution in [2.75, 3.05) is 18.0 Å². The van der Waals surface area contributed by atoms with E-state index in [1.54, 1.807) is 4.90 Å². The summed E-state index contributed by atoms with van der Waals surface area (Å²) in [5.74, 6) is -0.126. The molecule has 2 amide bonds. The van der Waals surface area contributed by atoms with Crippen LogP contribution in [0.5, 0.6) is 0 Å². The topological polar surface area (TPSA) is 58.6 Å². The van der Waals surface area contributed by atoms with Crippen LogP contribution in [0.2, 0.25) is 0 Å². The Morgan fingerprint density at radius 1 is 1.37 bits per heavy atom. The summed E-state index contributed by atoms with van der Waals surface area (Å²) in [6.07, 6.45) is -0.654. The van der Waals surface area contributed by atoms with Gasteiger partial charge in [0.05, 0.1) is 13.1 Å². The first-order valence-electron chi connectivity index (χ1n) is 6.44. The van der Waals surface area contributed by atoms with Gasteiger partial charge in [0, 0.05) is 12.6 Å². The summed E-state index contributed by atoms with van der Waals surface area (Å²) in [5, 5.41) is 2.64. The molecule has 0 aromatic heterocycles. The molecule has 1 heterocycles. The second-order valence-corrected chi connectivity index (χ2v) is 3.89. The number of amides is 2. The first-order chi connectivity index (χ1) is 9.16. The maximum absolute atomic E-state index is 11.6. The zero-order valence-electron chi connectivity index (χ0n) is 11.6. The minimum atomic E-state index is -0.369. The molecule has 1 atom stereocenters. The van der Waals surface area contributed by atoms with E-state index in [4.69, 9.17) is 4.74 Å². The van der Waals surface area contributed by atoms with Crippen LogP contribution in [0, 0.1) is 0 Å².